The molecule has 0 fully saturated rings. The molecule has 0 aliphatic rings. The molecule has 0 radical (unpaired) electrons. The summed E-state index contributed by atoms with van der Waals surface area (Å²) in [5.74, 6) is 0.994. The van der Waals surface area contributed by atoms with Crippen molar-refractivity contribution >= 4 is 56.9 Å². The number of methoxy groups -OCH3 is 2. The van der Waals surface area contributed by atoms with Crippen molar-refractivity contribution in [2.75, 3.05) is 35.7 Å². The average Bonchev–Trinajstić information content (AvgIpc) is 3.01. The zero-order chi connectivity index (χ0) is 30.2. The van der Waals surface area contributed by atoms with E-state index in [1.165, 1.54) is 14.2 Å². The zero-order valence-corrected chi connectivity index (χ0v) is 24.3. The van der Waals surface area contributed by atoms with Gasteiger partial charge in [0.1, 0.15) is 11.5 Å². The van der Waals surface area contributed by atoms with Gasteiger partial charge in [0, 0.05) is 36.1 Å². The summed E-state index contributed by atoms with van der Waals surface area (Å²) in [6, 6.07) is 28.5. The molecule has 11 nitrogen and oxygen atoms in total. The molecule has 1 aromatic heterocycles. The van der Waals surface area contributed by atoms with Gasteiger partial charge in [0.15, 0.2) is 11.6 Å². The highest BCUT2D eigenvalue weighted by Gasteiger charge is 2.20. The van der Waals surface area contributed by atoms with Crippen LogP contribution in [-0.4, -0.2) is 45.4 Å². The molecule has 0 saturated heterocycles. The van der Waals surface area contributed by atoms with Crippen molar-refractivity contribution in [2.45, 2.75) is 6.54 Å². The minimum absolute atomic E-state index is 0.0295. The molecule has 0 saturated carbocycles. The quantitative estimate of drug-likeness (QED) is 0.169. The first-order chi connectivity index (χ1) is 20.9. The lowest BCUT2D eigenvalue weighted by atomic mass is 10.2. The maximum Gasteiger partial charge on any atom is 0.238 e. The minimum Gasteiger partial charge on any atom is -0.755 e. The topological polar surface area (TPSA) is 141 Å². The van der Waals surface area contributed by atoms with Crippen molar-refractivity contribution in [3.8, 4) is 11.5 Å². The Labute approximate surface area is 251 Å². The van der Waals surface area contributed by atoms with Crippen LogP contribution in [-0.2, 0) is 22.6 Å². The molecule has 0 bridgehead atoms. The summed E-state index contributed by atoms with van der Waals surface area (Å²) >= 11 is -2.81. The fourth-order valence-corrected chi connectivity index (χ4v) is 4.90. The Morgan fingerprint density at radius 3 is 2.19 bits per heavy atom. The van der Waals surface area contributed by atoms with Crippen molar-refractivity contribution in [1.82, 2.24) is 15.3 Å². The van der Waals surface area contributed by atoms with Crippen LogP contribution in [0.5, 0.6) is 11.5 Å². The van der Waals surface area contributed by atoms with Gasteiger partial charge < -0.3 is 30.0 Å². The van der Waals surface area contributed by atoms with Crippen molar-refractivity contribution < 1.29 is 23.0 Å². The second kappa shape index (κ2) is 13.7. The number of carbonyl (C=O) groups is 1. The number of aromatic nitrogens is 2. The molecule has 0 aliphatic heterocycles. The van der Waals surface area contributed by atoms with Crippen molar-refractivity contribution in [3.63, 3.8) is 0 Å². The Kier molecular flexibility index (Phi) is 9.42. The normalized spacial score (nSPS) is 11.5. The Balaban J connectivity index is 1.44. The molecule has 4 aromatic carbocycles. The Bertz CT molecular complexity index is 1730. The molecule has 220 valence electrons. The maximum absolute atomic E-state index is 12.7. The van der Waals surface area contributed by atoms with E-state index in [1.54, 1.807) is 60.7 Å². The zero-order valence-electron chi connectivity index (χ0n) is 23.4. The predicted octanol–water partition coefficient (Wildman–Crippen LogP) is 5.05. The molecule has 0 aliphatic carbocycles. The van der Waals surface area contributed by atoms with Crippen LogP contribution in [0.4, 0.5) is 28.7 Å². The predicted molar refractivity (Wildman–Crippen MR) is 167 cm³/mol. The second-order valence-electron chi connectivity index (χ2n) is 9.31. The molecule has 1 unspecified atom stereocenters. The highest BCUT2D eigenvalue weighted by atomic mass is 32.2. The van der Waals surface area contributed by atoms with Crippen molar-refractivity contribution in [2.24, 2.45) is 0 Å². The highest BCUT2D eigenvalue weighted by Crippen LogP contribution is 2.36. The number of hydrogen-bond donors (Lipinski definition) is 3. The van der Waals surface area contributed by atoms with Crippen LogP contribution < -0.4 is 29.7 Å². The molecule has 12 heteroatoms. The fraction of sp³-hybridized carbons (Fsp3) is 0.129. The fourth-order valence-electron chi connectivity index (χ4n) is 4.34. The monoisotopic (exact) mass is 597 g/mol. The number of fused-ring (bicyclic) bond motifs is 1. The Morgan fingerprint density at radius 1 is 0.837 bits per heavy atom. The molecule has 43 heavy (non-hydrogen) atoms. The van der Waals surface area contributed by atoms with Crippen LogP contribution in [0, 0.1) is 0 Å². The van der Waals surface area contributed by atoms with E-state index >= 15 is 0 Å². The van der Waals surface area contributed by atoms with E-state index in [2.05, 4.69) is 20.9 Å². The number of amides is 1. The lowest BCUT2D eigenvalue weighted by molar-refractivity contribution is -0.115. The highest BCUT2D eigenvalue weighted by molar-refractivity contribution is 7.81. The number of carbonyl (C=O) groups excluding carboxylic acids is 1. The molecular weight excluding hydrogens is 568 g/mol. The number of nitrogens with zero attached hydrogens (tertiary/aromatic N) is 3. The van der Waals surface area contributed by atoms with Gasteiger partial charge in [-0.2, -0.15) is 0 Å². The molecule has 1 atom stereocenters. The van der Waals surface area contributed by atoms with Gasteiger partial charge in [-0.05, 0) is 35.9 Å². The van der Waals surface area contributed by atoms with Gasteiger partial charge >= 0.3 is 0 Å². The summed E-state index contributed by atoms with van der Waals surface area (Å²) in [5.41, 5.74) is 3.32. The number of ether oxygens (including phenoxy) is 2. The first kappa shape index (κ1) is 29.5. The van der Waals surface area contributed by atoms with Gasteiger partial charge in [0.05, 0.1) is 48.8 Å². The lowest BCUT2D eigenvalue weighted by Crippen LogP contribution is -2.28. The van der Waals surface area contributed by atoms with Crippen molar-refractivity contribution in [1.29, 1.82) is 0 Å². The number of rotatable bonds is 12. The Morgan fingerprint density at radius 2 is 1.51 bits per heavy atom. The van der Waals surface area contributed by atoms with Crippen LogP contribution in [0.3, 0.4) is 0 Å². The van der Waals surface area contributed by atoms with E-state index in [4.69, 9.17) is 14.5 Å². The third-order valence-corrected chi connectivity index (χ3v) is 7.01. The molecule has 0 spiro atoms. The van der Waals surface area contributed by atoms with Gasteiger partial charge in [-0.1, -0.05) is 48.5 Å². The number of nitrogens with one attached hydrogen (secondary N) is 3. The van der Waals surface area contributed by atoms with E-state index in [1.807, 2.05) is 36.4 Å². The van der Waals surface area contributed by atoms with Gasteiger partial charge in [-0.15, -0.1) is 0 Å². The molecule has 3 N–H and O–H groups in total. The maximum atomic E-state index is 12.7. The van der Waals surface area contributed by atoms with Gasteiger partial charge in [0.25, 0.3) is 0 Å². The number of para-hydroxylation sites is 2. The van der Waals surface area contributed by atoms with E-state index in [-0.39, 0.29) is 29.8 Å². The van der Waals surface area contributed by atoms with Crippen LogP contribution in [0.15, 0.2) is 97.1 Å². The van der Waals surface area contributed by atoms with Crippen LogP contribution in [0.25, 0.3) is 11.0 Å². The number of hydrogen-bond acceptors (Lipinski definition) is 9. The first-order valence-electron chi connectivity index (χ1n) is 13.2. The van der Waals surface area contributed by atoms with Crippen LogP contribution in [0.1, 0.15) is 5.56 Å². The summed E-state index contributed by atoms with van der Waals surface area (Å²) in [4.78, 5) is 22.0. The average molecular weight is 598 g/mol. The largest absolute Gasteiger partial charge is 0.755 e. The Hall–Kier alpha value is -5.04. The van der Waals surface area contributed by atoms with Crippen LogP contribution in [0.2, 0.25) is 0 Å². The summed E-state index contributed by atoms with van der Waals surface area (Å²) < 4.78 is 37.3. The van der Waals surface area contributed by atoms with E-state index in [9.17, 15) is 13.6 Å². The molecular formula is C31H29N6O5S-. The SMILES string of the molecule is COc1cc(Nc2nc3ccccc3nc2N(c2cccc(NC(=O)CNCc3ccccc3)c2)S(=O)[O-])cc(OC)c1. The first-order valence-corrected chi connectivity index (χ1v) is 14.3. The van der Waals surface area contributed by atoms with Gasteiger partial charge in [-0.3, -0.25) is 13.3 Å². The van der Waals surface area contributed by atoms with Gasteiger partial charge in [0.2, 0.25) is 5.91 Å². The van der Waals surface area contributed by atoms with Crippen molar-refractivity contribution in [3.05, 3.63) is 103 Å². The smallest absolute Gasteiger partial charge is 0.238 e. The molecule has 5 aromatic rings. The molecule has 5 rings (SSSR count). The van der Waals surface area contributed by atoms with E-state index in [0.717, 1.165) is 9.87 Å². The third kappa shape index (κ3) is 7.43. The summed E-state index contributed by atoms with van der Waals surface area (Å²) in [7, 11) is 3.07. The number of benzene rings is 4. The molecule has 1 heterocycles. The molecule has 1 amide bonds. The van der Waals surface area contributed by atoms with E-state index in [0.29, 0.717) is 40.5 Å². The summed E-state index contributed by atoms with van der Waals surface area (Å²) in [6.07, 6.45) is 0. The summed E-state index contributed by atoms with van der Waals surface area (Å²) in [5, 5.41) is 9.09. The van der Waals surface area contributed by atoms with Crippen LogP contribution >= 0.6 is 0 Å². The number of anilines is 5. The van der Waals surface area contributed by atoms with E-state index < -0.39 is 11.3 Å². The third-order valence-electron chi connectivity index (χ3n) is 6.33. The minimum atomic E-state index is -2.81. The standard InChI is InChI=1S/C31H30N6O5S/c1-41-25-16-23(17-26(18-25)42-2)34-30-31(36-28-14-7-6-13-27(28)35-30)37(43(39)40)24-12-8-11-22(15-24)33-29(38)20-32-19-21-9-4-3-5-10-21/h3-18,32H,19-20H2,1-2H3,(H,33,38)(H,34,35)(H,39,40)/p-1. The van der Waals surface area contributed by atoms with Gasteiger partial charge in [-0.25, -0.2) is 9.97 Å². The second-order valence-corrected chi connectivity index (χ2v) is 10.1. The summed E-state index contributed by atoms with van der Waals surface area (Å²) in [6.45, 7) is 0.608. The lowest BCUT2D eigenvalue weighted by Gasteiger charge is -2.27.